The van der Waals surface area contributed by atoms with Gasteiger partial charge >= 0.3 is 11.9 Å². The molecular weight excluding hydrogens is 617 g/mol. The highest BCUT2D eigenvalue weighted by atomic mass is 16.5. The van der Waals surface area contributed by atoms with Gasteiger partial charge in [0, 0.05) is 0 Å². The van der Waals surface area contributed by atoms with Gasteiger partial charge in [-0.25, -0.2) is 9.59 Å². The molecule has 2 aromatic rings. The molecule has 0 amide bonds. The maximum Gasteiger partial charge on any atom is 0.338 e. The molecule has 0 unspecified atom stereocenters. The lowest BCUT2D eigenvalue weighted by Gasteiger charge is -2.08. The summed E-state index contributed by atoms with van der Waals surface area (Å²) in [5, 5.41) is 0. The number of rotatable bonds is 33. The summed E-state index contributed by atoms with van der Waals surface area (Å²) in [6, 6.07) is 15.0. The fourth-order valence-corrected chi connectivity index (χ4v) is 6.69. The molecule has 0 bridgehead atoms. The van der Waals surface area contributed by atoms with Crippen LogP contribution < -0.4 is 0 Å². The van der Waals surface area contributed by atoms with Crippen molar-refractivity contribution in [1.82, 2.24) is 0 Å². The molecule has 0 heterocycles. The molecule has 0 aromatic heterocycles. The predicted molar refractivity (Wildman–Crippen MR) is 213 cm³/mol. The molecule has 4 heteroatoms. The second kappa shape index (κ2) is 31.1. The molecule has 0 saturated carbocycles. The molecule has 2 rings (SSSR count). The normalized spacial score (nSPS) is 11.2. The Kier molecular flexibility index (Phi) is 27.1. The van der Waals surface area contributed by atoms with Crippen molar-refractivity contribution in [1.29, 1.82) is 0 Å². The van der Waals surface area contributed by atoms with Crippen LogP contribution in [0.25, 0.3) is 11.1 Å². The lowest BCUT2D eigenvalue weighted by atomic mass is 10.0. The first-order valence-corrected chi connectivity index (χ1v) is 21.2. The molecule has 0 N–H and O–H groups in total. The maximum absolute atomic E-state index is 12.5. The van der Waals surface area contributed by atoms with Crippen LogP contribution in [0.3, 0.4) is 0 Å². The number of unbranched alkanes of at least 4 members (excludes halogenated alkanes) is 26. The number of hydrogen-bond donors (Lipinski definition) is 0. The van der Waals surface area contributed by atoms with E-state index in [1.807, 2.05) is 48.5 Å². The smallest absolute Gasteiger partial charge is 0.338 e. The largest absolute Gasteiger partial charge is 0.462 e. The van der Waals surface area contributed by atoms with Crippen molar-refractivity contribution < 1.29 is 19.1 Å². The summed E-state index contributed by atoms with van der Waals surface area (Å²) in [6.45, 7) is 5.51. The summed E-state index contributed by atoms with van der Waals surface area (Å²) in [5.74, 6) is -0.522. The van der Waals surface area contributed by atoms with Gasteiger partial charge in [0.1, 0.15) is 0 Å². The lowest BCUT2D eigenvalue weighted by Crippen LogP contribution is -2.06. The Balaban J connectivity index is 1.48. The predicted octanol–water partition coefficient (Wildman–Crippen LogP) is 14.6. The SMILES string of the molecule is CCCCCCCCCCCCCCCCOC(=O)c1ccc(-c2ccc(C(=O)OCCCCCCCCCCCCCCCC)cc2)cc1. The van der Waals surface area contributed by atoms with Crippen LogP contribution in [0.2, 0.25) is 0 Å². The standard InChI is InChI=1S/C46H74O4/c1-3-5-7-9-11-13-15-17-19-21-23-25-27-29-39-49-45(47)43-35-31-41(32-36-43)42-33-37-44(38-34-42)46(48)50-40-30-28-26-24-22-20-18-16-14-12-10-8-6-4-2/h31-38H,3-30,39-40H2,1-2H3. The first-order chi connectivity index (χ1) is 24.7. The number of carbonyl (C=O) groups is 2. The van der Waals surface area contributed by atoms with Crippen LogP contribution >= 0.6 is 0 Å². The van der Waals surface area contributed by atoms with Crippen molar-refractivity contribution in [2.75, 3.05) is 13.2 Å². The zero-order valence-corrected chi connectivity index (χ0v) is 32.5. The molecule has 50 heavy (non-hydrogen) atoms. The third-order valence-corrected chi connectivity index (χ3v) is 10.0. The highest BCUT2D eigenvalue weighted by Crippen LogP contribution is 2.22. The van der Waals surface area contributed by atoms with E-state index in [1.54, 1.807) is 0 Å². The fraction of sp³-hybridized carbons (Fsp3) is 0.696. The quantitative estimate of drug-likeness (QED) is 0.0552. The summed E-state index contributed by atoms with van der Waals surface area (Å²) in [6.07, 6.45) is 36.7. The van der Waals surface area contributed by atoms with Gasteiger partial charge in [-0.1, -0.05) is 205 Å². The summed E-state index contributed by atoms with van der Waals surface area (Å²) in [4.78, 5) is 25.0. The van der Waals surface area contributed by atoms with Gasteiger partial charge in [-0.3, -0.25) is 0 Å². The van der Waals surface area contributed by atoms with E-state index in [-0.39, 0.29) is 11.9 Å². The van der Waals surface area contributed by atoms with Crippen molar-refractivity contribution in [3.63, 3.8) is 0 Å². The molecule has 0 aliphatic carbocycles. The molecular formula is C46H74O4. The van der Waals surface area contributed by atoms with Gasteiger partial charge in [0.2, 0.25) is 0 Å². The van der Waals surface area contributed by atoms with E-state index in [4.69, 9.17) is 9.47 Å². The molecule has 282 valence electrons. The molecule has 0 fully saturated rings. The Morgan fingerprint density at radius 2 is 0.560 bits per heavy atom. The molecule has 2 aromatic carbocycles. The van der Waals surface area contributed by atoms with Crippen molar-refractivity contribution in [2.45, 2.75) is 194 Å². The van der Waals surface area contributed by atoms with E-state index in [2.05, 4.69) is 13.8 Å². The Bertz CT molecular complexity index is 987. The van der Waals surface area contributed by atoms with Crippen LogP contribution in [0, 0.1) is 0 Å². The molecule has 0 atom stereocenters. The van der Waals surface area contributed by atoms with Crippen LogP contribution in [0.15, 0.2) is 48.5 Å². The van der Waals surface area contributed by atoms with Crippen LogP contribution in [0.4, 0.5) is 0 Å². The topological polar surface area (TPSA) is 52.6 Å². The number of esters is 2. The summed E-state index contributed by atoms with van der Waals surface area (Å²) in [7, 11) is 0. The van der Waals surface area contributed by atoms with Gasteiger partial charge in [0.05, 0.1) is 24.3 Å². The molecule has 0 saturated heterocycles. The Morgan fingerprint density at radius 3 is 0.800 bits per heavy atom. The lowest BCUT2D eigenvalue weighted by molar-refractivity contribution is 0.0488. The van der Waals surface area contributed by atoms with Gasteiger partial charge in [-0.2, -0.15) is 0 Å². The second-order valence-corrected chi connectivity index (χ2v) is 14.6. The fourth-order valence-electron chi connectivity index (χ4n) is 6.69. The Morgan fingerprint density at radius 1 is 0.340 bits per heavy atom. The third-order valence-electron chi connectivity index (χ3n) is 10.0. The molecule has 0 aliphatic rings. The van der Waals surface area contributed by atoms with Gasteiger partial charge in [0.15, 0.2) is 0 Å². The minimum absolute atomic E-state index is 0.261. The number of carbonyl (C=O) groups excluding carboxylic acids is 2. The van der Waals surface area contributed by atoms with Crippen molar-refractivity contribution in [3.05, 3.63) is 59.7 Å². The second-order valence-electron chi connectivity index (χ2n) is 14.6. The zero-order valence-electron chi connectivity index (χ0n) is 32.5. The Labute approximate surface area is 307 Å². The van der Waals surface area contributed by atoms with Crippen LogP contribution in [-0.2, 0) is 9.47 Å². The maximum atomic E-state index is 12.5. The monoisotopic (exact) mass is 691 g/mol. The van der Waals surface area contributed by atoms with Crippen LogP contribution in [0.5, 0.6) is 0 Å². The van der Waals surface area contributed by atoms with Gasteiger partial charge in [0.25, 0.3) is 0 Å². The Hall–Kier alpha value is -2.62. The summed E-state index contributed by atoms with van der Waals surface area (Å²) >= 11 is 0. The molecule has 0 radical (unpaired) electrons. The van der Waals surface area contributed by atoms with Gasteiger partial charge in [-0.15, -0.1) is 0 Å². The van der Waals surface area contributed by atoms with Crippen molar-refractivity contribution in [3.8, 4) is 11.1 Å². The highest BCUT2D eigenvalue weighted by molar-refractivity contribution is 5.91. The van der Waals surface area contributed by atoms with E-state index in [0.717, 1.165) is 36.8 Å². The molecule has 4 nitrogen and oxygen atoms in total. The number of ether oxygens (including phenoxy) is 2. The number of hydrogen-bond acceptors (Lipinski definition) is 4. The van der Waals surface area contributed by atoms with Crippen LogP contribution in [-0.4, -0.2) is 25.2 Å². The van der Waals surface area contributed by atoms with E-state index in [0.29, 0.717) is 24.3 Å². The summed E-state index contributed by atoms with van der Waals surface area (Å²) < 4.78 is 11.1. The molecule has 0 aliphatic heterocycles. The average Bonchev–Trinajstić information content (AvgIpc) is 3.14. The van der Waals surface area contributed by atoms with Crippen LogP contribution in [0.1, 0.15) is 214 Å². The van der Waals surface area contributed by atoms with E-state index in [1.165, 1.54) is 154 Å². The minimum Gasteiger partial charge on any atom is -0.462 e. The van der Waals surface area contributed by atoms with E-state index in [9.17, 15) is 9.59 Å². The first-order valence-electron chi connectivity index (χ1n) is 21.2. The van der Waals surface area contributed by atoms with Gasteiger partial charge < -0.3 is 9.47 Å². The van der Waals surface area contributed by atoms with E-state index >= 15 is 0 Å². The van der Waals surface area contributed by atoms with E-state index < -0.39 is 0 Å². The van der Waals surface area contributed by atoms with Crippen molar-refractivity contribution >= 4 is 11.9 Å². The van der Waals surface area contributed by atoms with Crippen molar-refractivity contribution in [2.24, 2.45) is 0 Å². The van der Waals surface area contributed by atoms with Gasteiger partial charge in [-0.05, 0) is 48.2 Å². The minimum atomic E-state index is -0.261. The molecule has 0 spiro atoms. The zero-order chi connectivity index (χ0) is 35.7. The first kappa shape index (κ1) is 43.5. The summed E-state index contributed by atoms with van der Waals surface area (Å²) in [5.41, 5.74) is 3.14. The highest BCUT2D eigenvalue weighted by Gasteiger charge is 2.10. The number of benzene rings is 2. The average molecular weight is 691 g/mol. The third kappa shape index (κ3) is 22.3.